The molecule has 1 aromatic rings. The van der Waals surface area contributed by atoms with Crippen LogP contribution in [0.1, 0.15) is 32.4 Å². The van der Waals surface area contributed by atoms with Crippen molar-refractivity contribution in [3.63, 3.8) is 0 Å². The lowest BCUT2D eigenvalue weighted by molar-refractivity contribution is -0.0810. The molecule has 0 radical (unpaired) electrons. The molecule has 1 aromatic heterocycles. The Kier molecular flexibility index (Phi) is 2.97. The van der Waals surface area contributed by atoms with Gasteiger partial charge in [0.25, 0.3) is 0 Å². The molecule has 0 aromatic carbocycles. The molecule has 0 unspecified atom stereocenters. The first-order chi connectivity index (χ1) is 8.22. The molecule has 1 aliphatic carbocycles. The number of ether oxygens (including phenoxy) is 1. The second-order valence-electron chi connectivity index (χ2n) is 5.60. The third kappa shape index (κ3) is 2.26. The summed E-state index contributed by atoms with van der Waals surface area (Å²) in [5.74, 6) is 0. The molecule has 1 fully saturated rings. The van der Waals surface area contributed by atoms with Crippen molar-refractivity contribution < 1.29 is 4.74 Å². The second kappa shape index (κ2) is 4.46. The van der Waals surface area contributed by atoms with Gasteiger partial charge in [-0.05, 0) is 38.8 Å². The number of fused-ring (bicyclic) bond motifs is 1. The summed E-state index contributed by atoms with van der Waals surface area (Å²) >= 11 is 0. The average Bonchev–Trinajstić information content (AvgIpc) is 2.69. The van der Waals surface area contributed by atoms with Crippen molar-refractivity contribution in [2.24, 2.45) is 0 Å². The van der Waals surface area contributed by atoms with Crippen LogP contribution < -0.4 is 0 Å². The lowest BCUT2D eigenvalue weighted by Crippen LogP contribution is -2.50. The van der Waals surface area contributed by atoms with Crippen molar-refractivity contribution in [2.45, 2.75) is 58.0 Å². The highest BCUT2D eigenvalue weighted by molar-refractivity contribution is 5.10. The van der Waals surface area contributed by atoms with Crippen LogP contribution >= 0.6 is 0 Å². The highest BCUT2D eigenvalue weighted by Gasteiger charge is 2.35. The molecule has 0 bridgehead atoms. The van der Waals surface area contributed by atoms with Crippen LogP contribution in [0, 0.1) is 0 Å². The van der Waals surface area contributed by atoms with Gasteiger partial charge >= 0.3 is 0 Å². The standard InChI is InChI=1S/C14H22N2O/c1-11(2)17-14-8-13(9-14)16-7-6-15-5-3-4-12(15)10-16/h3-5,11,13-14H,6-10H2,1-2H3. The highest BCUT2D eigenvalue weighted by atomic mass is 16.5. The number of hydrogen-bond donors (Lipinski definition) is 0. The van der Waals surface area contributed by atoms with Crippen molar-refractivity contribution in [3.05, 3.63) is 24.0 Å². The average molecular weight is 234 g/mol. The van der Waals surface area contributed by atoms with Gasteiger partial charge in [-0.2, -0.15) is 0 Å². The van der Waals surface area contributed by atoms with E-state index in [1.54, 1.807) is 0 Å². The fraction of sp³-hybridized carbons (Fsp3) is 0.714. The van der Waals surface area contributed by atoms with Gasteiger partial charge in [-0.3, -0.25) is 4.90 Å². The first kappa shape index (κ1) is 11.3. The summed E-state index contributed by atoms with van der Waals surface area (Å²) in [4.78, 5) is 2.62. The minimum absolute atomic E-state index is 0.375. The van der Waals surface area contributed by atoms with Crippen LogP contribution in [0.3, 0.4) is 0 Å². The maximum absolute atomic E-state index is 5.83. The van der Waals surface area contributed by atoms with E-state index in [4.69, 9.17) is 4.74 Å². The minimum Gasteiger partial charge on any atom is -0.375 e. The molecule has 2 heterocycles. The Morgan fingerprint density at radius 3 is 2.88 bits per heavy atom. The van der Waals surface area contributed by atoms with Crippen molar-refractivity contribution in [1.82, 2.24) is 9.47 Å². The molecule has 3 heteroatoms. The van der Waals surface area contributed by atoms with Crippen LogP contribution in [0.2, 0.25) is 0 Å². The van der Waals surface area contributed by atoms with Crippen molar-refractivity contribution in [3.8, 4) is 0 Å². The van der Waals surface area contributed by atoms with E-state index < -0.39 is 0 Å². The quantitative estimate of drug-likeness (QED) is 0.798. The molecule has 0 N–H and O–H groups in total. The summed E-state index contributed by atoms with van der Waals surface area (Å²) < 4.78 is 8.20. The van der Waals surface area contributed by atoms with Crippen LogP contribution in [0.4, 0.5) is 0 Å². The number of hydrogen-bond acceptors (Lipinski definition) is 2. The Morgan fingerprint density at radius 2 is 2.12 bits per heavy atom. The Hall–Kier alpha value is -0.800. The topological polar surface area (TPSA) is 17.4 Å². The molecule has 94 valence electrons. The van der Waals surface area contributed by atoms with E-state index in [0.717, 1.165) is 19.1 Å². The molecule has 17 heavy (non-hydrogen) atoms. The Morgan fingerprint density at radius 1 is 1.29 bits per heavy atom. The Balaban J connectivity index is 1.52. The Labute approximate surface area is 103 Å². The van der Waals surface area contributed by atoms with E-state index in [1.165, 1.54) is 25.1 Å². The molecular formula is C14H22N2O. The molecule has 0 atom stereocenters. The maximum atomic E-state index is 5.83. The van der Waals surface area contributed by atoms with Crippen molar-refractivity contribution in [1.29, 1.82) is 0 Å². The lowest BCUT2D eigenvalue weighted by atomic mass is 9.87. The van der Waals surface area contributed by atoms with E-state index in [1.807, 2.05) is 0 Å². The molecule has 0 amide bonds. The van der Waals surface area contributed by atoms with Crippen molar-refractivity contribution in [2.75, 3.05) is 6.54 Å². The van der Waals surface area contributed by atoms with Gasteiger partial charge < -0.3 is 9.30 Å². The van der Waals surface area contributed by atoms with E-state index >= 15 is 0 Å². The summed E-state index contributed by atoms with van der Waals surface area (Å²) in [7, 11) is 0. The van der Waals surface area contributed by atoms with E-state index in [-0.39, 0.29) is 0 Å². The first-order valence-electron chi connectivity index (χ1n) is 6.76. The zero-order valence-corrected chi connectivity index (χ0v) is 10.8. The van der Waals surface area contributed by atoms with Crippen molar-refractivity contribution >= 4 is 0 Å². The molecule has 3 rings (SSSR count). The van der Waals surface area contributed by atoms with Gasteiger partial charge in [0, 0.05) is 37.6 Å². The molecule has 1 saturated carbocycles. The SMILES string of the molecule is CC(C)OC1CC(N2CCn3cccc3C2)C1. The molecule has 0 saturated heterocycles. The van der Waals surface area contributed by atoms with E-state index in [0.29, 0.717) is 12.2 Å². The van der Waals surface area contributed by atoms with Gasteiger partial charge in [0.1, 0.15) is 0 Å². The van der Waals surface area contributed by atoms with Gasteiger partial charge in [-0.25, -0.2) is 0 Å². The third-order valence-corrected chi connectivity index (χ3v) is 3.97. The summed E-state index contributed by atoms with van der Waals surface area (Å²) in [6, 6.07) is 5.15. The second-order valence-corrected chi connectivity index (χ2v) is 5.60. The normalized spacial score (nSPS) is 29.1. The van der Waals surface area contributed by atoms with Gasteiger partial charge in [-0.15, -0.1) is 0 Å². The van der Waals surface area contributed by atoms with Crippen LogP contribution in [-0.2, 0) is 17.8 Å². The van der Waals surface area contributed by atoms with E-state index in [9.17, 15) is 0 Å². The number of nitrogens with zero attached hydrogens (tertiary/aromatic N) is 2. The van der Waals surface area contributed by atoms with Crippen LogP contribution in [0.5, 0.6) is 0 Å². The molecule has 3 nitrogen and oxygen atoms in total. The van der Waals surface area contributed by atoms with Gasteiger partial charge in [0.05, 0.1) is 12.2 Å². The zero-order chi connectivity index (χ0) is 11.8. The van der Waals surface area contributed by atoms with Gasteiger partial charge in [0.2, 0.25) is 0 Å². The number of rotatable bonds is 3. The Bertz CT molecular complexity index is 379. The molecule has 0 spiro atoms. The summed E-state index contributed by atoms with van der Waals surface area (Å²) in [5, 5.41) is 0. The van der Waals surface area contributed by atoms with E-state index in [2.05, 4.69) is 41.6 Å². The predicted octanol–water partition coefficient (Wildman–Crippen LogP) is 2.26. The minimum atomic E-state index is 0.375. The van der Waals surface area contributed by atoms with Crippen LogP contribution in [0.25, 0.3) is 0 Å². The fourth-order valence-corrected chi connectivity index (χ4v) is 2.98. The predicted molar refractivity (Wildman–Crippen MR) is 67.9 cm³/mol. The summed E-state index contributed by atoms with van der Waals surface area (Å²) in [5.41, 5.74) is 1.46. The van der Waals surface area contributed by atoms with Gasteiger partial charge in [-0.1, -0.05) is 0 Å². The molecule has 2 aliphatic rings. The largest absolute Gasteiger partial charge is 0.375 e. The number of aromatic nitrogens is 1. The monoisotopic (exact) mass is 234 g/mol. The first-order valence-corrected chi connectivity index (χ1v) is 6.76. The summed E-state index contributed by atoms with van der Waals surface area (Å²) in [6.07, 6.45) is 5.52. The maximum Gasteiger partial charge on any atom is 0.0608 e. The van der Waals surface area contributed by atoms with Crippen LogP contribution in [-0.4, -0.2) is 34.3 Å². The van der Waals surface area contributed by atoms with Gasteiger partial charge in [0.15, 0.2) is 0 Å². The lowest BCUT2D eigenvalue weighted by Gasteiger charge is -2.45. The third-order valence-electron chi connectivity index (χ3n) is 3.97. The fourth-order valence-electron chi connectivity index (χ4n) is 2.98. The zero-order valence-electron chi connectivity index (χ0n) is 10.8. The smallest absolute Gasteiger partial charge is 0.0608 e. The highest BCUT2D eigenvalue weighted by Crippen LogP contribution is 2.31. The molecular weight excluding hydrogens is 212 g/mol. The van der Waals surface area contributed by atoms with Crippen LogP contribution in [0.15, 0.2) is 18.3 Å². The molecule has 1 aliphatic heterocycles. The summed E-state index contributed by atoms with van der Waals surface area (Å²) in [6.45, 7) is 7.71.